The molecule has 6 nitrogen and oxygen atoms in total. The maximum atomic E-state index is 11.7. The van der Waals surface area contributed by atoms with E-state index >= 15 is 0 Å². The van der Waals surface area contributed by atoms with Crippen LogP contribution in [0.25, 0.3) is 0 Å². The van der Waals surface area contributed by atoms with Gasteiger partial charge in [0.15, 0.2) is 0 Å². The van der Waals surface area contributed by atoms with Crippen LogP contribution in [0.2, 0.25) is 0 Å². The summed E-state index contributed by atoms with van der Waals surface area (Å²) in [7, 11) is 0. The highest BCUT2D eigenvalue weighted by Crippen LogP contribution is 2.47. The lowest BCUT2D eigenvalue weighted by Gasteiger charge is -2.49. The van der Waals surface area contributed by atoms with E-state index in [0.717, 1.165) is 38.5 Å². The molecule has 4 rings (SSSR count). The SMILES string of the molecule is CC1(C)C=CC[C@@]2(C)O[C@H]3CC[C@H](C(C)(O)CC[C@@H]4OC(C)(C)[C@H](Br)CC[C@]4(C)O)O[C@]3(C)CC[C@@H]2O1. The Morgan fingerprint density at radius 3 is 2.24 bits per heavy atom. The predicted octanol–water partition coefficient (Wildman–Crippen LogP) is 5.99. The summed E-state index contributed by atoms with van der Waals surface area (Å²) in [5, 5.41) is 22.9. The fourth-order valence-electron chi connectivity index (χ4n) is 6.83. The molecule has 1 unspecified atom stereocenters. The number of aliphatic hydroxyl groups is 2. The summed E-state index contributed by atoms with van der Waals surface area (Å²) in [6, 6.07) is 0. The first kappa shape index (κ1) is 30.0. The van der Waals surface area contributed by atoms with Crippen LogP contribution >= 0.6 is 15.9 Å². The van der Waals surface area contributed by atoms with Gasteiger partial charge in [-0.15, -0.1) is 0 Å². The van der Waals surface area contributed by atoms with E-state index in [1.807, 2.05) is 13.8 Å². The van der Waals surface area contributed by atoms with Gasteiger partial charge in [-0.1, -0.05) is 28.1 Å². The van der Waals surface area contributed by atoms with E-state index in [1.54, 1.807) is 0 Å². The molecule has 3 fully saturated rings. The summed E-state index contributed by atoms with van der Waals surface area (Å²) in [6.07, 6.45) is 10.2. The second kappa shape index (κ2) is 10.1. The standard InChI is InChI=1S/C30H51BrO6/c1-25(2)15-9-16-29(7)24(34-25)14-19-30(8)23(37-29)11-10-21(36-30)28(6,33)18-13-22-27(5,32)17-12-20(31)26(3,4)35-22/h9,15,20-24,32-33H,10-14,16-19H2,1-8H3/t20-,21-,22+,23+,24+,27+,28?,29-,30-/m1/s1. The van der Waals surface area contributed by atoms with Crippen LogP contribution in [0.15, 0.2) is 12.2 Å². The molecule has 9 atom stereocenters. The van der Waals surface area contributed by atoms with Crippen molar-refractivity contribution in [3.63, 3.8) is 0 Å². The lowest BCUT2D eigenvalue weighted by atomic mass is 9.79. The van der Waals surface area contributed by atoms with Crippen LogP contribution in [0.4, 0.5) is 0 Å². The van der Waals surface area contributed by atoms with E-state index in [2.05, 4.69) is 69.6 Å². The Bertz CT molecular complexity index is 853. The molecule has 4 aliphatic heterocycles. The van der Waals surface area contributed by atoms with Gasteiger partial charge in [0.25, 0.3) is 0 Å². The Hall–Kier alpha value is -0.0200. The molecule has 4 heterocycles. The lowest BCUT2D eigenvalue weighted by molar-refractivity contribution is -0.261. The number of ether oxygens (including phenoxy) is 4. The number of halogens is 1. The topological polar surface area (TPSA) is 77.4 Å². The third-order valence-corrected chi connectivity index (χ3v) is 11.2. The van der Waals surface area contributed by atoms with Crippen molar-refractivity contribution < 1.29 is 29.2 Å². The Balaban J connectivity index is 1.44. The smallest absolute Gasteiger partial charge is 0.0954 e. The van der Waals surface area contributed by atoms with Crippen molar-refractivity contribution in [1.82, 2.24) is 0 Å². The van der Waals surface area contributed by atoms with E-state index < -0.39 is 28.0 Å². The molecule has 0 aliphatic carbocycles. The van der Waals surface area contributed by atoms with Gasteiger partial charge in [-0.2, -0.15) is 0 Å². The highest BCUT2D eigenvalue weighted by molar-refractivity contribution is 9.09. The molecule has 2 N–H and O–H groups in total. The Kier molecular flexibility index (Phi) is 8.19. The normalized spacial score (nSPS) is 47.5. The fraction of sp³-hybridized carbons (Fsp3) is 0.933. The summed E-state index contributed by atoms with van der Waals surface area (Å²) in [5.74, 6) is 0. The van der Waals surface area contributed by atoms with Crippen LogP contribution in [0, 0.1) is 0 Å². The molecule has 214 valence electrons. The van der Waals surface area contributed by atoms with Gasteiger partial charge < -0.3 is 29.2 Å². The van der Waals surface area contributed by atoms with Gasteiger partial charge in [0.05, 0.1) is 58.0 Å². The van der Waals surface area contributed by atoms with Gasteiger partial charge in [0, 0.05) is 4.83 Å². The zero-order valence-corrected chi connectivity index (χ0v) is 25.9. The average molecular weight is 588 g/mol. The van der Waals surface area contributed by atoms with Crippen molar-refractivity contribution in [2.24, 2.45) is 0 Å². The second-order valence-corrected chi connectivity index (χ2v) is 15.3. The Morgan fingerprint density at radius 2 is 1.54 bits per heavy atom. The quantitative estimate of drug-likeness (QED) is 0.311. The summed E-state index contributed by atoms with van der Waals surface area (Å²) in [6.45, 7) is 16.4. The molecule has 0 amide bonds. The van der Waals surface area contributed by atoms with E-state index in [4.69, 9.17) is 18.9 Å². The predicted molar refractivity (Wildman–Crippen MR) is 149 cm³/mol. The van der Waals surface area contributed by atoms with Gasteiger partial charge >= 0.3 is 0 Å². The third kappa shape index (κ3) is 6.34. The number of rotatable bonds is 4. The average Bonchev–Trinajstić information content (AvgIpc) is 3.00. The van der Waals surface area contributed by atoms with Crippen LogP contribution in [0.3, 0.4) is 0 Å². The van der Waals surface area contributed by atoms with Crippen LogP contribution < -0.4 is 0 Å². The first-order valence-corrected chi connectivity index (χ1v) is 15.3. The minimum atomic E-state index is -1.04. The molecular formula is C30H51BrO6. The first-order valence-electron chi connectivity index (χ1n) is 14.4. The van der Waals surface area contributed by atoms with E-state index in [9.17, 15) is 10.2 Å². The molecule has 7 heteroatoms. The van der Waals surface area contributed by atoms with Crippen molar-refractivity contribution in [1.29, 1.82) is 0 Å². The van der Waals surface area contributed by atoms with E-state index in [-0.39, 0.29) is 34.8 Å². The number of alkyl halides is 1. The molecule has 0 aromatic rings. The lowest BCUT2D eigenvalue weighted by Crippen LogP contribution is -2.57. The van der Waals surface area contributed by atoms with Crippen LogP contribution in [-0.2, 0) is 18.9 Å². The summed E-state index contributed by atoms with van der Waals surface area (Å²) < 4.78 is 26.6. The summed E-state index contributed by atoms with van der Waals surface area (Å²) >= 11 is 3.74. The number of hydrogen-bond donors (Lipinski definition) is 2. The molecule has 37 heavy (non-hydrogen) atoms. The Labute approximate surface area is 233 Å². The highest BCUT2D eigenvalue weighted by atomic mass is 79.9. The van der Waals surface area contributed by atoms with Crippen molar-refractivity contribution in [2.75, 3.05) is 0 Å². The van der Waals surface area contributed by atoms with Crippen LogP contribution in [0.1, 0.15) is 113 Å². The highest BCUT2D eigenvalue weighted by Gasteiger charge is 2.54. The van der Waals surface area contributed by atoms with Crippen LogP contribution in [-0.4, -0.2) is 73.1 Å². The molecule has 0 saturated carbocycles. The fourth-order valence-corrected chi connectivity index (χ4v) is 7.16. The van der Waals surface area contributed by atoms with Crippen molar-refractivity contribution in [3.8, 4) is 0 Å². The molecule has 4 aliphatic rings. The molecule has 0 spiro atoms. The van der Waals surface area contributed by atoms with Gasteiger partial charge in [-0.05, 0) is 113 Å². The van der Waals surface area contributed by atoms with Gasteiger partial charge in [-0.25, -0.2) is 0 Å². The van der Waals surface area contributed by atoms with Gasteiger partial charge in [0.2, 0.25) is 0 Å². The van der Waals surface area contributed by atoms with Gasteiger partial charge in [-0.3, -0.25) is 0 Å². The number of hydrogen-bond acceptors (Lipinski definition) is 6. The maximum absolute atomic E-state index is 11.7. The third-order valence-electron chi connectivity index (χ3n) is 9.67. The zero-order chi connectivity index (χ0) is 27.5. The zero-order valence-electron chi connectivity index (χ0n) is 24.3. The van der Waals surface area contributed by atoms with Crippen molar-refractivity contribution >= 4 is 15.9 Å². The minimum absolute atomic E-state index is 0.0151. The maximum Gasteiger partial charge on any atom is 0.0954 e. The largest absolute Gasteiger partial charge is 0.387 e. The van der Waals surface area contributed by atoms with Crippen molar-refractivity contribution in [2.45, 2.75) is 176 Å². The Morgan fingerprint density at radius 1 is 0.865 bits per heavy atom. The summed E-state index contributed by atoms with van der Waals surface area (Å²) in [5.41, 5.74) is -3.58. The number of fused-ring (bicyclic) bond motifs is 2. The molecule has 3 saturated heterocycles. The molecular weight excluding hydrogens is 536 g/mol. The molecule has 0 aromatic heterocycles. The van der Waals surface area contributed by atoms with E-state index in [1.165, 1.54) is 0 Å². The molecule has 0 aromatic carbocycles. The second-order valence-electron chi connectivity index (χ2n) is 14.2. The van der Waals surface area contributed by atoms with Gasteiger partial charge in [0.1, 0.15) is 0 Å². The van der Waals surface area contributed by atoms with Crippen LogP contribution in [0.5, 0.6) is 0 Å². The summed E-state index contributed by atoms with van der Waals surface area (Å²) in [4.78, 5) is 0.172. The van der Waals surface area contributed by atoms with E-state index in [0.29, 0.717) is 19.3 Å². The molecule has 0 bridgehead atoms. The monoisotopic (exact) mass is 586 g/mol. The van der Waals surface area contributed by atoms with Crippen molar-refractivity contribution in [3.05, 3.63) is 12.2 Å². The minimum Gasteiger partial charge on any atom is -0.387 e. The first-order chi connectivity index (χ1) is 16.9. The molecule has 0 radical (unpaired) electrons.